The van der Waals surface area contributed by atoms with Crippen LogP contribution in [0.2, 0.25) is 0 Å². The molecule has 0 aliphatic rings. The minimum atomic E-state index is -0.420. The fourth-order valence-corrected chi connectivity index (χ4v) is 3.37. The van der Waals surface area contributed by atoms with Gasteiger partial charge in [-0.15, -0.1) is 0 Å². The van der Waals surface area contributed by atoms with Gasteiger partial charge < -0.3 is 14.1 Å². The lowest BCUT2D eigenvalue weighted by atomic mass is 10.1. The highest BCUT2D eigenvalue weighted by molar-refractivity contribution is 7.23. The molecule has 5 nitrogen and oxygen atoms in total. The number of carbonyl (C=O) groups is 1. The SMILES string of the molecule is CCOC(=O)c1oc2ccc3nc(N(C)C)sc3c2c1C. The van der Waals surface area contributed by atoms with Crippen LogP contribution in [0.3, 0.4) is 0 Å². The molecule has 0 atom stereocenters. The van der Waals surface area contributed by atoms with Gasteiger partial charge in [0, 0.05) is 25.0 Å². The van der Waals surface area contributed by atoms with E-state index in [1.54, 1.807) is 18.3 Å². The average Bonchev–Trinajstić information content (AvgIpc) is 3.00. The predicted octanol–water partition coefficient (Wildman–Crippen LogP) is 3.59. The third-order valence-electron chi connectivity index (χ3n) is 3.28. The lowest BCUT2D eigenvalue weighted by molar-refractivity contribution is 0.0491. The van der Waals surface area contributed by atoms with Crippen LogP contribution >= 0.6 is 11.3 Å². The normalized spacial score (nSPS) is 11.2. The Morgan fingerprint density at radius 1 is 1.43 bits per heavy atom. The number of anilines is 1. The number of carbonyl (C=O) groups excluding carboxylic acids is 1. The van der Waals surface area contributed by atoms with Crippen molar-refractivity contribution in [2.45, 2.75) is 13.8 Å². The molecule has 0 saturated carbocycles. The molecule has 6 heteroatoms. The summed E-state index contributed by atoms with van der Waals surface area (Å²) in [6.07, 6.45) is 0. The third-order valence-corrected chi connectivity index (χ3v) is 4.54. The fourth-order valence-electron chi connectivity index (χ4n) is 2.28. The lowest BCUT2D eigenvalue weighted by Crippen LogP contribution is -2.07. The molecule has 1 aromatic carbocycles. The van der Waals surface area contributed by atoms with E-state index in [1.807, 2.05) is 38.1 Å². The molecule has 0 radical (unpaired) electrons. The fraction of sp³-hybridized carbons (Fsp3) is 0.333. The summed E-state index contributed by atoms with van der Waals surface area (Å²) < 4.78 is 11.8. The summed E-state index contributed by atoms with van der Waals surface area (Å²) in [5.74, 6) is -0.143. The number of furan rings is 1. The van der Waals surface area contributed by atoms with Gasteiger partial charge in [0.1, 0.15) is 5.58 Å². The van der Waals surface area contributed by atoms with Gasteiger partial charge in [0.05, 0.1) is 16.8 Å². The van der Waals surface area contributed by atoms with Gasteiger partial charge in [-0.2, -0.15) is 0 Å². The van der Waals surface area contributed by atoms with E-state index in [1.165, 1.54) is 0 Å². The van der Waals surface area contributed by atoms with Crippen molar-refractivity contribution in [3.8, 4) is 0 Å². The van der Waals surface area contributed by atoms with Crippen LogP contribution in [-0.2, 0) is 4.74 Å². The van der Waals surface area contributed by atoms with Gasteiger partial charge in [0.15, 0.2) is 5.13 Å². The van der Waals surface area contributed by atoms with Crippen molar-refractivity contribution in [3.63, 3.8) is 0 Å². The van der Waals surface area contributed by atoms with Gasteiger partial charge in [0.2, 0.25) is 5.76 Å². The molecule has 2 heterocycles. The maximum Gasteiger partial charge on any atom is 0.374 e. The number of esters is 1. The standard InChI is InChI=1S/C15H16N2O3S/c1-5-19-14(18)12-8(2)11-10(20-12)7-6-9-13(11)21-15(16-9)17(3)4/h6-7H,5H2,1-4H3. The summed E-state index contributed by atoms with van der Waals surface area (Å²) in [4.78, 5) is 18.5. The molecule has 0 aliphatic heterocycles. The number of thiazole rings is 1. The number of ether oxygens (including phenoxy) is 1. The molecule has 0 fully saturated rings. The first kappa shape index (κ1) is 13.9. The maximum absolute atomic E-state index is 11.9. The molecular weight excluding hydrogens is 288 g/mol. The number of aromatic nitrogens is 1. The monoisotopic (exact) mass is 304 g/mol. The largest absolute Gasteiger partial charge is 0.460 e. The molecular formula is C15H16N2O3S. The number of fused-ring (bicyclic) bond motifs is 3. The van der Waals surface area contributed by atoms with Gasteiger partial charge in [0.25, 0.3) is 0 Å². The molecule has 3 rings (SSSR count). The lowest BCUT2D eigenvalue weighted by Gasteiger charge is -2.04. The topological polar surface area (TPSA) is 55.6 Å². The second-order valence-corrected chi connectivity index (χ2v) is 5.93. The molecule has 0 bridgehead atoms. The van der Waals surface area contributed by atoms with Gasteiger partial charge >= 0.3 is 5.97 Å². The van der Waals surface area contributed by atoms with Crippen molar-refractivity contribution in [2.75, 3.05) is 25.6 Å². The Morgan fingerprint density at radius 3 is 2.86 bits per heavy atom. The summed E-state index contributed by atoms with van der Waals surface area (Å²) >= 11 is 1.59. The van der Waals surface area contributed by atoms with Crippen molar-refractivity contribution < 1.29 is 13.9 Å². The molecule has 0 spiro atoms. The summed E-state index contributed by atoms with van der Waals surface area (Å²) in [6.45, 7) is 3.99. The van der Waals surface area contributed by atoms with E-state index >= 15 is 0 Å². The van der Waals surface area contributed by atoms with Crippen LogP contribution in [0.1, 0.15) is 23.0 Å². The molecule has 3 aromatic rings. The Labute approximate surface area is 126 Å². The third kappa shape index (κ3) is 2.15. The molecule has 0 saturated heterocycles. The van der Waals surface area contributed by atoms with Crippen LogP contribution in [0, 0.1) is 6.92 Å². The van der Waals surface area contributed by atoms with Crippen molar-refractivity contribution in [1.82, 2.24) is 4.98 Å². The van der Waals surface area contributed by atoms with Crippen LogP contribution < -0.4 is 4.90 Å². The number of hydrogen-bond donors (Lipinski definition) is 0. The van der Waals surface area contributed by atoms with Crippen LogP contribution in [0.15, 0.2) is 16.5 Å². The second-order valence-electron chi connectivity index (χ2n) is 4.95. The van der Waals surface area contributed by atoms with E-state index in [4.69, 9.17) is 9.15 Å². The Hall–Kier alpha value is -2.08. The van der Waals surface area contributed by atoms with E-state index in [-0.39, 0.29) is 5.76 Å². The van der Waals surface area contributed by atoms with Crippen LogP contribution in [-0.4, -0.2) is 31.7 Å². The molecule has 0 unspecified atom stereocenters. The Bertz CT molecular complexity index is 832. The highest BCUT2D eigenvalue weighted by atomic mass is 32.1. The van der Waals surface area contributed by atoms with Gasteiger partial charge in [-0.25, -0.2) is 9.78 Å². The first-order valence-electron chi connectivity index (χ1n) is 6.70. The summed E-state index contributed by atoms with van der Waals surface area (Å²) in [5, 5.41) is 1.87. The zero-order chi connectivity index (χ0) is 15.1. The summed E-state index contributed by atoms with van der Waals surface area (Å²) in [7, 11) is 3.92. The Kier molecular flexibility index (Phi) is 3.33. The predicted molar refractivity (Wildman–Crippen MR) is 84.4 cm³/mol. The van der Waals surface area contributed by atoms with Crippen molar-refractivity contribution >= 4 is 43.6 Å². The highest BCUT2D eigenvalue weighted by Crippen LogP contribution is 2.37. The van der Waals surface area contributed by atoms with Crippen LogP contribution in [0.25, 0.3) is 21.2 Å². The highest BCUT2D eigenvalue weighted by Gasteiger charge is 2.21. The molecule has 0 N–H and O–H groups in total. The van der Waals surface area contributed by atoms with E-state index in [0.29, 0.717) is 12.2 Å². The Morgan fingerprint density at radius 2 is 2.19 bits per heavy atom. The molecule has 110 valence electrons. The number of rotatable bonds is 3. The number of hydrogen-bond acceptors (Lipinski definition) is 6. The molecule has 0 aliphatic carbocycles. The quantitative estimate of drug-likeness (QED) is 0.692. The van der Waals surface area contributed by atoms with E-state index in [9.17, 15) is 4.79 Å². The number of nitrogens with zero attached hydrogens (tertiary/aromatic N) is 2. The van der Waals surface area contributed by atoms with Crippen LogP contribution in [0.5, 0.6) is 0 Å². The second kappa shape index (κ2) is 5.04. The van der Waals surface area contributed by atoms with E-state index in [2.05, 4.69) is 4.98 Å². The smallest absolute Gasteiger partial charge is 0.374 e. The zero-order valence-corrected chi connectivity index (χ0v) is 13.2. The Balaban J connectivity index is 2.26. The van der Waals surface area contributed by atoms with Gasteiger partial charge in [-0.1, -0.05) is 11.3 Å². The van der Waals surface area contributed by atoms with Gasteiger partial charge in [-0.3, -0.25) is 0 Å². The van der Waals surface area contributed by atoms with Crippen LogP contribution in [0.4, 0.5) is 5.13 Å². The van der Waals surface area contributed by atoms with Gasteiger partial charge in [-0.05, 0) is 26.0 Å². The summed E-state index contributed by atoms with van der Waals surface area (Å²) in [6, 6.07) is 3.77. The van der Waals surface area contributed by atoms with E-state index < -0.39 is 5.97 Å². The molecule has 2 aromatic heterocycles. The first-order chi connectivity index (χ1) is 10.0. The molecule has 0 amide bonds. The van der Waals surface area contributed by atoms with E-state index in [0.717, 1.165) is 26.3 Å². The minimum absolute atomic E-state index is 0.277. The number of aryl methyl sites for hydroxylation is 1. The average molecular weight is 304 g/mol. The summed E-state index contributed by atoms with van der Waals surface area (Å²) in [5.41, 5.74) is 2.41. The maximum atomic E-state index is 11.9. The number of benzene rings is 1. The molecule has 21 heavy (non-hydrogen) atoms. The first-order valence-corrected chi connectivity index (χ1v) is 7.51. The van der Waals surface area contributed by atoms with Crippen molar-refractivity contribution in [1.29, 1.82) is 0 Å². The van der Waals surface area contributed by atoms with Crippen molar-refractivity contribution in [2.24, 2.45) is 0 Å². The zero-order valence-electron chi connectivity index (χ0n) is 12.4. The minimum Gasteiger partial charge on any atom is -0.460 e. The van der Waals surface area contributed by atoms with Crippen molar-refractivity contribution in [3.05, 3.63) is 23.5 Å².